The molecule has 0 amide bonds. The van der Waals surface area contributed by atoms with Crippen molar-refractivity contribution < 1.29 is 18.7 Å². The second-order valence-electron chi connectivity index (χ2n) is 4.11. The molecule has 0 saturated carbocycles. The summed E-state index contributed by atoms with van der Waals surface area (Å²) in [6.07, 6.45) is 1.20. The molecule has 6 heteroatoms. The summed E-state index contributed by atoms with van der Waals surface area (Å²) < 4.78 is 18.4. The van der Waals surface area contributed by atoms with Crippen molar-refractivity contribution in [3.8, 4) is 0 Å². The fourth-order valence-electron chi connectivity index (χ4n) is 1.41. The van der Waals surface area contributed by atoms with Crippen LogP contribution in [-0.4, -0.2) is 37.5 Å². The molecular weight excluding hydrogens is 263 g/mol. The van der Waals surface area contributed by atoms with Crippen molar-refractivity contribution in [3.63, 3.8) is 0 Å². The number of Topliss-reactive ketones (excluding diaryl/α,β-unsaturated/α-hetero) is 1. The number of benzene rings is 1. The Morgan fingerprint density at radius 1 is 1.35 bits per heavy atom. The van der Waals surface area contributed by atoms with Crippen LogP contribution in [-0.2, 0) is 9.53 Å². The lowest BCUT2D eigenvalue weighted by molar-refractivity contribution is -0.138. The van der Waals surface area contributed by atoms with E-state index in [0.29, 0.717) is 0 Å². The first-order chi connectivity index (χ1) is 9.47. The van der Waals surface area contributed by atoms with Crippen LogP contribution in [0.3, 0.4) is 0 Å². The van der Waals surface area contributed by atoms with Crippen molar-refractivity contribution in [1.29, 1.82) is 0 Å². The fourth-order valence-corrected chi connectivity index (χ4v) is 1.41. The van der Waals surface area contributed by atoms with Gasteiger partial charge in [0.2, 0.25) is 5.78 Å². The Bertz CT molecular complexity index is 527. The van der Waals surface area contributed by atoms with E-state index in [0.717, 1.165) is 6.07 Å². The molecule has 0 aromatic heterocycles. The van der Waals surface area contributed by atoms with Crippen LogP contribution in [0.25, 0.3) is 0 Å². The normalized spacial score (nSPS) is 11.3. The number of hydrogen-bond acceptors (Lipinski definition) is 5. The second kappa shape index (κ2) is 7.40. The smallest absolute Gasteiger partial charge is 0.343 e. The van der Waals surface area contributed by atoms with Gasteiger partial charge < -0.3 is 10.2 Å². The molecule has 0 radical (unpaired) electrons. The molecule has 0 heterocycles. The topological polar surface area (TPSA) is 58.6 Å². The Kier molecular flexibility index (Phi) is 5.86. The molecule has 1 aromatic carbocycles. The highest BCUT2D eigenvalue weighted by Gasteiger charge is 2.23. The van der Waals surface area contributed by atoms with Crippen LogP contribution < -0.4 is 5.43 Å². The molecular formula is C14H17FN2O3. The van der Waals surface area contributed by atoms with Crippen LogP contribution in [0.15, 0.2) is 36.0 Å². The van der Waals surface area contributed by atoms with Gasteiger partial charge in [-0.1, -0.05) is 12.1 Å². The van der Waals surface area contributed by atoms with E-state index in [-0.39, 0.29) is 17.7 Å². The van der Waals surface area contributed by atoms with Gasteiger partial charge in [-0.2, -0.15) is 0 Å². The zero-order valence-corrected chi connectivity index (χ0v) is 11.6. The molecule has 0 aliphatic rings. The number of ketones is 1. The van der Waals surface area contributed by atoms with Gasteiger partial charge >= 0.3 is 5.97 Å². The molecule has 0 aliphatic heterocycles. The van der Waals surface area contributed by atoms with Crippen LogP contribution in [0.5, 0.6) is 0 Å². The monoisotopic (exact) mass is 280 g/mol. The predicted octanol–water partition coefficient (Wildman–Crippen LogP) is 1.52. The summed E-state index contributed by atoms with van der Waals surface area (Å²) in [5.41, 5.74) is 2.25. The third-order valence-corrected chi connectivity index (χ3v) is 2.33. The Morgan fingerprint density at radius 2 is 2.00 bits per heavy atom. The number of nitrogens with one attached hydrogen (secondary N) is 1. The van der Waals surface area contributed by atoms with E-state index in [9.17, 15) is 14.0 Å². The van der Waals surface area contributed by atoms with Gasteiger partial charge in [0, 0.05) is 20.3 Å². The van der Waals surface area contributed by atoms with Crippen molar-refractivity contribution in [2.75, 3.05) is 20.7 Å². The van der Waals surface area contributed by atoms with Gasteiger partial charge in [0.25, 0.3) is 0 Å². The highest BCUT2D eigenvalue weighted by molar-refractivity contribution is 6.24. The van der Waals surface area contributed by atoms with Gasteiger partial charge in [-0.05, 0) is 19.1 Å². The summed E-state index contributed by atoms with van der Waals surface area (Å²) in [4.78, 5) is 24.0. The minimum atomic E-state index is -0.796. The number of hydrogen-bond donors (Lipinski definition) is 1. The zero-order chi connectivity index (χ0) is 15.1. The SMILES string of the molecule is CCOC(=O)C(=CNN(C)C)C(=O)c1ccccc1F. The number of ether oxygens (including phenoxy) is 1. The summed E-state index contributed by atoms with van der Waals surface area (Å²) >= 11 is 0. The quantitative estimate of drug-likeness (QED) is 0.214. The summed E-state index contributed by atoms with van der Waals surface area (Å²) in [6, 6.07) is 5.48. The van der Waals surface area contributed by atoms with Crippen LogP contribution in [0.4, 0.5) is 4.39 Å². The van der Waals surface area contributed by atoms with Crippen LogP contribution in [0.1, 0.15) is 17.3 Å². The van der Waals surface area contributed by atoms with Gasteiger partial charge in [-0.3, -0.25) is 4.79 Å². The first kappa shape index (κ1) is 15.8. The van der Waals surface area contributed by atoms with Crippen molar-refractivity contribution in [3.05, 3.63) is 47.4 Å². The maximum atomic E-state index is 13.6. The summed E-state index contributed by atoms with van der Waals surface area (Å²) in [5.74, 6) is -2.21. The third kappa shape index (κ3) is 4.17. The first-order valence-electron chi connectivity index (χ1n) is 6.07. The molecule has 0 unspecified atom stereocenters. The number of esters is 1. The average Bonchev–Trinajstić information content (AvgIpc) is 2.39. The third-order valence-electron chi connectivity index (χ3n) is 2.33. The fraction of sp³-hybridized carbons (Fsp3) is 0.286. The molecule has 108 valence electrons. The molecule has 0 bridgehead atoms. The van der Waals surface area contributed by atoms with Crippen molar-refractivity contribution in [2.24, 2.45) is 0 Å². The summed E-state index contributed by atoms with van der Waals surface area (Å²) in [6.45, 7) is 1.76. The van der Waals surface area contributed by atoms with Crippen LogP contribution in [0, 0.1) is 5.82 Å². The first-order valence-corrected chi connectivity index (χ1v) is 6.07. The molecule has 1 N–H and O–H groups in total. The number of carbonyl (C=O) groups is 2. The van der Waals surface area contributed by atoms with Crippen molar-refractivity contribution >= 4 is 11.8 Å². The van der Waals surface area contributed by atoms with Crippen LogP contribution >= 0.6 is 0 Å². The number of hydrazine groups is 1. The van der Waals surface area contributed by atoms with Crippen molar-refractivity contribution in [2.45, 2.75) is 6.92 Å². The maximum absolute atomic E-state index is 13.6. The summed E-state index contributed by atoms with van der Waals surface area (Å²) in [5, 5.41) is 1.54. The molecule has 5 nitrogen and oxygen atoms in total. The Morgan fingerprint density at radius 3 is 2.55 bits per heavy atom. The summed E-state index contributed by atoms with van der Waals surface area (Å²) in [7, 11) is 3.37. The standard InChI is InChI=1S/C14H17FN2O3/c1-4-20-14(19)11(9-16-17(2)3)13(18)10-7-5-6-8-12(10)15/h5-9,16H,4H2,1-3H3. The van der Waals surface area contributed by atoms with Crippen LogP contribution in [0.2, 0.25) is 0 Å². The lowest BCUT2D eigenvalue weighted by atomic mass is 10.0. The van der Waals surface area contributed by atoms with E-state index in [4.69, 9.17) is 4.74 Å². The molecule has 0 atom stereocenters. The lowest BCUT2D eigenvalue weighted by Crippen LogP contribution is -2.28. The van der Waals surface area contributed by atoms with E-state index >= 15 is 0 Å². The number of nitrogens with zero attached hydrogens (tertiary/aromatic N) is 1. The second-order valence-corrected chi connectivity index (χ2v) is 4.11. The molecule has 0 saturated heterocycles. The molecule has 1 rings (SSSR count). The average molecular weight is 280 g/mol. The largest absolute Gasteiger partial charge is 0.462 e. The van der Waals surface area contributed by atoms with E-state index in [1.54, 1.807) is 21.0 Å². The van der Waals surface area contributed by atoms with Crippen molar-refractivity contribution in [1.82, 2.24) is 10.4 Å². The van der Waals surface area contributed by atoms with E-state index < -0.39 is 17.6 Å². The molecule has 20 heavy (non-hydrogen) atoms. The maximum Gasteiger partial charge on any atom is 0.343 e. The van der Waals surface area contributed by atoms with Gasteiger partial charge in [-0.15, -0.1) is 0 Å². The van der Waals surface area contributed by atoms with Gasteiger partial charge in [0.15, 0.2) is 0 Å². The Hall–Kier alpha value is -2.21. The predicted molar refractivity (Wildman–Crippen MR) is 72.3 cm³/mol. The Labute approximate surface area is 117 Å². The van der Waals surface area contributed by atoms with Gasteiger partial charge in [-0.25, -0.2) is 14.2 Å². The number of rotatable bonds is 6. The van der Waals surface area contributed by atoms with Gasteiger partial charge in [0.05, 0.1) is 12.2 Å². The van der Waals surface area contributed by atoms with E-state index in [1.165, 1.54) is 29.4 Å². The molecule has 0 aliphatic carbocycles. The molecule has 0 fully saturated rings. The van der Waals surface area contributed by atoms with E-state index in [1.807, 2.05) is 0 Å². The number of halogens is 1. The molecule has 1 aromatic rings. The lowest BCUT2D eigenvalue weighted by Gasteiger charge is -2.12. The minimum absolute atomic E-state index is 0.128. The molecule has 0 spiro atoms. The zero-order valence-electron chi connectivity index (χ0n) is 11.6. The van der Waals surface area contributed by atoms with E-state index in [2.05, 4.69) is 5.43 Å². The highest BCUT2D eigenvalue weighted by atomic mass is 19.1. The van der Waals surface area contributed by atoms with Gasteiger partial charge in [0.1, 0.15) is 11.4 Å². The minimum Gasteiger partial charge on any atom is -0.462 e. The Balaban J connectivity index is 3.10. The number of carbonyl (C=O) groups excluding carboxylic acids is 2. The highest BCUT2D eigenvalue weighted by Crippen LogP contribution is 2.13.